The van der Waals surface area contributed by atoms with Gasteiger partial charge >= 0.3 is 0 Å². The number of ketones is 1. The van der Waals surface area contributed by atoms with Crippen molar-refractivity contribution in [1.82, 2.24) is 10.2 Å². The summed E-state index contributed by atoms with van der Waals surface area (Å²) in [5.74, 6) is 1.63. The van der Waals surface area contributed by atoms with Crippen molar-refractivity contribution in [3.05, 3.63) is 77.7 Å². The highest BCUT2D eigenvalue weighted by Crippen LogP contribution is 2.28. The molecule has 0 spiro atoms. The van der Waals surface area contributed by atoms with Gasteiger partial charge in [-0.2, -0.15) is 0 Å². The van der Waals surface area contributed by atoms with E-state index in [1.807, 2.05) is 26.0 Å². The van der Waals surface area contributed by atoms with Crippen LogP contribution in [0.1, 0.15) is 62.7 Å². The van der Waals surface area contributed by atoms with Crippen molar-refractivity contribution < 1.29 is 28.9 Å². The van der Waals surface area contributed by atoms with E-state index in [1.54, 1.807) is 30.5 Å². The van der Waals surface area contributed by atoms with Crippen LogP contribution < -0.4 is 10.1 Å². The zero-order valence-corrected chi connectivity index (χ0v) is 22.9. The van der Waals surface area contributed by atoms with Crippen molar-refractivity contribution >= 4 is 11.7 Å². The van der Waals surface area contributed by atoms with E-state index in [9.17, 15) is 14.7 Å². The smallest absolute Gasteiger partial charge is 0.223 e. The van der Waals surface area contributed by atoms with Gasteiger partial charge in [-0.05, 0) is 74.5 Å². The molecule has 0 radical (unpaired) electrons. The number of amides is 1. The zero-order chi connectivity index (χ0) is 27.6. The van der Waals surface area contributed by atoms with Crippen molar-refractivity contribution in [2.45, 2.75) is 64.5 Å². The van der Waals surface area contributed by atoms with Gasteiger partial charge in [0.15, 0.2) is 17.3 Å². The number of Topliss-reactive ketones (excluding diaryl/α,β-unsaturated/α-hetero) is 1. The molecule has 1 fully saturated rings. The van der Waals surface area contributed by atoms with Crippen LogP contribution in [-0.2, 0) is 14.3 Å². The third kappa shape index (κ3) is 8.57. The Labute approximate surface area is 231 Å². The van der Waals surface area contributed by atoms with E-state index in [1.165, 1.54) is 6.26 Å². The lowest BCUT2D eigenvalue weighted by Gasteiger charge is -2.30. The predicted octanol–water partition coefficient (Wildman–Crippen LogP) is 4.63. The summed E-state index contributed by atoms with van der Waals surface area (Å²) in [5.41, 5.74) is 1.66. The number of carbonyl (C=O) groups excluding carboxylic acids is 2. The van der Waals surface area contributed by atoms with Crippen LogP contribution in [0, 0.1) is 5.92 Å². The van der Waals surface area contributed by atoms with Crippen LogP contribution in [-0.4, -0.2) is 60.1 Å². The molecule has 2 atom stereocenters. The highest BCUT2D eigenvalue weighted by atomic mass is 16.6. The van der Waals surface area contributed by atoms with Gasteiger partial charge in [0.2, 0.25) is 5.91 Å². The number of nitrogens with zero attached hydrogens (tertiary/aromatic N) is 1. The first-order valence-electron chi connectivity index (χ1n) is 13.9. The van der Waals surface area contributed by atoms with Crippen LogP contribution in [0.4, 0.5) is 0 Å². The van der Waals surface area contributed by atoms with Gasteiger partial charge in [-0.15, -0.1) is 0 Å². The molecule has 0 aromatic heterocycles. The van der Waals surface area contributed by atoms with Gasteiger partial charge in [0.05, 0.1) is 19.1 Å². The van der Waals surface area contributed by atoms with E-state index in [2.05, 4.69) is 16.3 Å². The summed E-state index contributed by atoms with van der Waals surface area (Å²) >= 11 is 0. The first-order chi connectivity index (χ1) is 18.9. The SMILES string of the molecule is CC(C)CC(=O)c1ccc(OCCC(=O)N[C@H](CN2CCCC2)[C@@H](O)C2=COC=C(C3=CC=CCC3)O2)cc1. The molecular formula is C31H40N2O6. The normalized spacial score (nSPS) is 18.8. The van der Waals surface area contributed by atoms with Crippen LogP contribution in [0.2, 0.25) is 0 Å². The van der Waals surface area contributed by atoms with E-state index in [0.717, 1.165) is 44.3 Å². The molecule has 1 saturated heterocycles. The lowest BCUT2D eigenvalue weighted by Crippen LogP contribution is -2.51. The number of aliphatic hydroxyl groups is 1. The Bertz CT molecular complexity index is 1110. The minimum absolute atomic E-state index is 0.107. The topological polar surface area (TPSA) is 97.3 Å². The molecule has 2 aliphatic heterocycles. The molecule has 1 aliphatic carbocycles. The Hall–Kier alpha value is -3.36. The molecular weight excluding hydrogens is 496 g/mol. The fraction of sp³-hybridized carbons (Fsp3) is 0.484. The van der Waals surface area contributed by atoms with Crippen LogP contribution in [0.15, 0.2) is 72.1 Å². The van der Waals surface area contributed by atoms with Crippen LogP contribution in [0.25, 0.3) is 0 Å². The number of hydrogen-bond acceptors (Lipinski definition) is 7. The Morgan fingerprint density at radius 1 is 1.13 bits per heavy atom. The van der Waals surface area contributed by atoms with Crippen molar-refractivity contribution in [2.75, 3.05) is 26.2 Å². The van der Waals surface area contributed by atoms with E-state index >= 15 is 0 Å². The third-order valence-electron chi connectivity index (χ3n) is 6.96. The fourth-order valence-electron chi connectivity index (χ4n) is 4.85. The summed E-state index contributed by atoms with van der Waals surface area (Å²) in [6.45, 7) is 6.57. The average Bonchev–Trinajstić information content (AvgIpc) is 3.46. The van der Waals surface area contributed by atoms with E-state index < -0.39 is 12.1 Å². The molecule has 39 heavy (non-hydrogen) atoms. The Kier molecular flexibility index (Phi) is 10.4. The molecule has 210 valence electrons. The second-order valence-corrected chi connectivity index (χ2v) is 10.7. The molecule has 2 N–H and O–H groups in total. The molecule has 0 bridgehead atoms. The van der Waals surface area contributed by atoms with E-state index in [0.29, 0.717) is 36.0 Å². The van der Waals surface area contributed by atoms with Crippen molar-refractivity contribution in [1.29, 1.82) is 0 Å². The molecule has 1 aromatic rings. The first kappa shape index (κ1) is 28.6. The minimum atomic E-state index is -1.07. The molecule has 3 aliphatic rings. The number of carbonyl (C=O) groups is 2. The molecule has 1 aromatic carbocycles. The highest BCUT2D eigenvalue weighted by Gasteiger charge is 2.31. The van der Waals surface area contributed by atoms with Gasteiger partial charge < -0.3 is 29.5 Å². The maximum absolute atomic E-state index is 12.9. The molecule has 8 heteroatoms. The number of aliphatic hydroxyl groups excluding tert-OH is 1. The van der Waals surface area contributed by atoms with Gasteiger partial charge in [-0.1, -0.05) is 32.1 Å². The van der Waals surface area contributed by atoms with E-state index in [-0.39, 0.29) is 30.5 Å². The lowest BCUT2D eigenvalue weighted by molar-refractivity contribution is -0.123. The lowest BCUT2D eigenvalue weighted by atomic mass is 10.0. The Balaban J connectivity index is 1.31. The van der Waals surface area contributed by atoms with Crippen LogP contribution in [0.5, 0.6) is 5.75 Å². The molecule has 8 nitrogen and oxygen atoms in total. The summed E-state index contributed by atoms with van der Waals surface area (Å²) in [4.78, 5) is 27.3. The van der Waals surface area contributed by atoms with Gasteiger partial charge in [0.1, 0.15) is 24.4 Å². The molecule has 2 heterocycles. The van der Waals surface area contributed by atoms with Crippen molar-refractivity contribution in [2.24, 2.45) is 5.92 Å². The van der Waals surface area contributed by atoms with Gasteiger partial charge in [0, 0.05) is 18.5 Å². The minimum Gasteiger partial charge on any atom is -0.493 e. The van der Waals surface area contributed by atoms with Gasteiger partial charge in [-0.25, -0.2) is 0 Å². The fourth-order valence-corrected chi connectivity index (χ4v) is 4.85. The van der Waals surface area contributed by atoms with Gasteiger partial charge in [-0.3, -0.25) is 9.59 Å². The highest BCUT2D eigenvalue weighted by molar-refractivity contribution is 5.96. The number of nitrogens with one attached hydrogen (secondary N) is 1. The number of hydrogen-bond donors (Lipinski definition) is 2. The zero-order valence-electron chi connectivity index (χ0n) is 22.9. The molecule has 0 unspecified atom stereocenters. The maximum atomic E-state index is 12.9. The summed E-state index contributed by atoms with van der Waals surface area (Å²) in [5, 5.41) is 14.2. The van der Waals surface area contributed by atoms with Crippen molar-refractivity contribution in [3.8, 4) is 5.75 Å². The largest absolute Gasteiger partial charge is 0.493 e. The second kappa shape index (κ2) is 14.1. The Morgan fingerprint density at radius 3 is 2.59 bits per heavy atom. The molecule has 4 rings (SSSR count). The first-order valence-corrected chi connectivity index (χ1v) is 13.9. The second-order valence-electron chi connectivity index (χ2n) is 10.7. The average molecular weight is 537 g/mol. The summed E-state index contributed by atoms with van der Waals surface area (Å²) in [6, 6.07) is 6.44. The van der Waals surface area contributed by atoms with Crippen LogP contribution in [0.3, 0.4) is 0 Å². The summed E-state index contributed by atoms with van der Waals surface area (Å²) in [7, 11) is 0. The van der Waals surface area contributed by atoms with Crippen molar-refractivity contribution in [3.63, 3.8) is 0 Å². The Morgan fingerprint density at radius 2 is 1.90 bits per heavy atom. The summed E-state index contributed by atoms with van der Waals surface area (Å²) in [6.07, 6.45) is 12.5. The summed E-state index contributed by atoms with van der Waals surface area (Å²) < 4.78 is 17.3. The quantitative estimate of drug-likeness (QED) is 0.355. The number of likely N-dealkylation sites (tertiary alicyclic amines) is 1. The van der Waals surface area contributed by atoms with Crippen LogP contribution >= 0.6 is 0 Å². The van der Waals surface area contributed by atoms with E-state index in [4.69, 9.17) is 14.2 Å². The number of rotatable bonds is 13. The third-order valence-corrected chi connectivity index (χ3v) is 6.96. The monoisotopic (exact) mass is 536 g/mol. The standard InChI is InChI=1S/C31H40N2O6/c1-22(2)18-27(34)23-10-12-25(13-11-23)38-17-14-30(35)32-26(19-33-15-6-7-16-33)31(36)29-21-37-20-28(39-29)24-8-4-3-5-9-24/h3-4,8,10-13,20-22,26,31,36H,5-7,9,14-19H2,1-2H3,(H,32,35)/t26-,31-/m1/s1. The van der Waals surface area contributed by atoms with Gasteiger partial charge in [0.25, 0.3) is 0 Å². The molecule has 0 saturated carbocycles. The number of allylic oxidation sites excluding steroid dienone is 4. The molecule has 1 amide bonds. The maximum Gasteiger partial charge on any atom is 0.223 e. The predicted molar refractivity (Wildman–Crippen MR) is 149 cm³/mol. The number of benzene rings is 1. The number of ether oxygens (including phenoxy) is 3.